The van der Waals surface area contributed by atoms with Crippen LogP contribution in [-0.2, 0) is 0 Å². The van der Waals surface area contributed by atoms with E-state index in [1.807, 2.05) is 0 Å². The molecule has 0 aromatic rings. The molecule has 0 fully saturated rings. The zero-order chi connectivity index (χ0) is 4.83. The van der Waals surface area contributed by atoms with Gasteiger partial charge in [-0.1, -0.05) is 19.8 Å². The lowest BCUT2D eigenvalue weighted by atomic mass is 10.3. The molecule has 2 N–H and O–H groups in total. The van der Waals surface area contributed by atoms with Crippen LogP contribution in [0.4, 0.5) is 0 Å². The van der Waals surface area contributed by atoms with Crippen molar-refractivity contribution in [3.05, 3.63) is 0 Å². The van der Waals surface area contributed by atoms with Crippen LogP contribution < -0.4 is 0 Å². The van der Waals surface area contributed by atoms with E-state index < -0.39 is 0 Å². The highest BCUT2D eigenvalue weighted by atomic mass is 35.5. The number of unbranched alkanes of at least 4 members (excludes halogenated alkanes) is 2. The predicted octanol–water partition coefficient (Wildman–Crippen LogP) is 1.65. The van der Waals surface area contributed by atoms with Crippen LogP contribution >= 0.6 is 21.5 Å². The van der Waals surface area contributed by atoms with E-state index in [-0.39, 0.29) is 15.4 Å². The van der Waals surface area contributed by atoms with Gasteiger partial charge < -0.3 is 5.48 Å². The van der Waals surface area contributed by atoms with Crippen molar-refractivity contribution in [2.24, 2.45) is 0 Å². The molecule has 0 rings (SSSR count). The second kappa shape index (κ2) is 15.6. The van der Waals surface area contributed by atoms with Crippen LogP contribution in [0.3, 0.4) is 0 Å². The van der Waals surface area contributed by atoms with Gasteiger partial charge in [0.25, 0.3) is 0 Å². The molecule has 0 aromatic heterocycles. The summed E-state index contributed by atoms with van der Waals surface area (Å²) in [5, 5.41) is 0. The first-order valence-electron chi connectivity index (χ1n) is 2.47. The van der Waals surface area contributed by atoms with Crippen molar-refractivity contribution in [2.45, 2.75) is 26.2 Å². The summed E-state index contributed by atoms with van der Waals surface area (Å²) in [7, 11) is 0. The Hall–Kier alpha value is 0.680. The second-order valence-corrected chi connectivity index (χ2v) is 1.77. The van der Waals surface area contributed by atoms with Crippen LogP contribution in [0.1, 0.15) is 26.2 Å². The highest BCUT2D eigenvalue weighted by Crippen LogP contribution is 1.93. The largest absolute Gasteiger partial charge is 0.412 e. The van der Waals surface area contributed by atoms with E-state index in [1.54, 1.807) is 0 Å². The molecule has 1 unspecified atom stereocenters. The van der Waals surface area contributed by atoms with E-state index in [0.717, 1.165) is 5.88 Å². The van der Waals surface area contributed by atoms with Gasteiger partial charge in [0.2, 0.25) is 0 Å². The lowest BCUT2D eigenvalue weighted by Crippen LogP contribution is -1.70. The van der Waals surface area contributed by atoms with Gasteiger partial charge in [-0.25, -0.2) is 0 Å². The number of rotatable bonds is 3. The van der Waals surface area contributed by atoms with Gasteiger partial charge in [0.1, 0.15) is 0 Å². The second-order valence-electron chi connectivity index (χ2n) is 1.40. The third kappa shape index (κ3) is 15.9. The Morgan fingerprint density at radius 2 is 1.75 bits per heavy atom. The van der Waals surface area contributed by atoms with Crippen molar-refractivity contribution in [1.82, 2.24) is 0 Å². The van der Waals surface area contributed by atoms with Gasteiger partial charge in [0.15, 0.2) is 0 Å². The summed E-state index contributed by atoms with van der Waals surface area (Å²) in [6.07, 6.45) is 3.73. The minimum atomic E-state index is 0. The SMILES string of the molecule is CCCCCCl.O.P. The first kappa shape index (κ1) is 15.9. The van der Waals surface area contributed by atoms with Crippen LogP contribution in [-0.4, -0.2) is 11.4 Å². The quantitative estimate of drug-likeness (QED) is 0.340. The van der Waals surface area contributed by atoms with Gasteiger partial charge >= 0.3 is 0 Å². The average Bonchev–Trinajstić information content (AvgIpc) is 1.61. The zero-order valence-electron chi connectivity index (χ0n) is 5.41. The maximum absolute atomic E-state index is 5.38. The standard InChI is InChI=1S/C5H11Cl.H2O.H3P/c1-2-3-4-5-6;;/h2-5H2,1H3;1H2;1H3. The van der Waals surface area contributed by atoms with Crippen molar-refractivity contribution in [1.29, 1.82) is 0 Å². The Labute approximate surface area is 59.7 Å². The molecule has 3 heteroatoms. The molecule has 54 valence electrons. The van der Waals surface area contributed by atoms with Crippen LogP contribution in [0, 0.1) is 0 Å². The monoisotopic (exact) mass is 158 g/mol. The Bertz CT molecular complexity index is 24.4. The van der Waals surface area contributed by atoms with Gasteiger partial charge in [-0.2, -0.15) is 9.90 Å². The Morgan fingerprint density at radius 3 is 1.88 bits per heavy atom. The fourth-order valence-corrected chi connectivity index (χ4v) is 0.533. The molecular weight excluding hydrogens is 142 g/mol. The highest BCUT2D eigenvalue weighted by molar-refractivity contribution is 6.92. The van der Waals surface area contributed by atoms with Crippen molar-refractivity contribution >= 4 is 21.5 Å². The van der Waals surface area contributed by atoms with Crippen LogP contribution in [0.2, 0.25) is 0 Å². The van der Waals surface area contributed by atoms with Gasteiger partial charge in [-0.05, 0) is 6.42 Å². The summed E-state index contributed by atoms with van der Waals surface area (Å²) in [6.45, 7) is 2.17. The molecule has 0 saturated heterocycles. The molecule has 0 bridgehead atoms. The third-order valence-corrected chi connectivity index (χ3v) is 1.00. The van der Waals surface area contributed by atoms with Gasteiger partial charge in [-0.15, -0.1) is 11.6 Å². The lowest BCUT2D eigenvalue weighted by Gasteiger charge is -1.84. The molecule has 1 atom stereocenters. The van der Waals surface area contributed by atoms with Crippen molar-refractivity contribution in [3.8, 4) is 0 Å². The van der Waals surface area contributed by atoms with E-state index in [2.05, 4.69) is 6.92 Å². The Balaban J connectivity index is -0.000000125. The summed E-state index contributed by atoms with van der Waals surface area (Å²) < 4.78 is 0. The molecule has 0 amide bonds. The summed E-state index contributed by atoms with van der Waals surface area (Å²) in [5.41, 5.74) is 0. The van der Waals surface area contributed by atoms with Crippen molar-refractivity contribution in [2.75, 3.05) is 5.88 Å². The van der Waals surface area contributed by atoms with E-state index in [4.69, 9.17) is 11.6 Å². The molecular formula is C5H16ClOP. The van der Waals surface area contributed by atoms with Gasteiger partial charge in [0, 0.05) is 5.88 Å². The normalized spacial score (nSPS) is 6.75. The smallest absolute Gasteiger partial charge is 0.0223 e. The fourth-order valence-electron chi connectivity index (χ4n) is 0.344. The summed E-state index contributed by atoms with van der Waals surface area (Å²) in [5.74, 6) is 0.827. The maximum Gasteiger partial charge on any atom is 0.0223 e. The van der Waals surface area contributed by atoms with Crippen LogP contribution in [0.25, 0.3) is 0 Å². The highest BCUT2D eigenvalue weighted by Gasteiger charge is 1.76. The topological polar surface area (TPSA) is 31.5 Å². The minimum absolute atomic E-state index is 0. The lowest BCUT2D eigenvalue weighted by molar-refractivity contribution is 0.776. The summed E-state index contributed by atoms with van der Waals surface area (Å²) in [6, 6.07) is 0. The van der Waals surface area contributed by atoms with E-state index in [1.165, 1.54) is 19.3 Å². The summed E-state index contributed by atoms with van der Waals surface area (Å²) >= 11 is 5.38. The minimum Gasteiger partial charge on any atom is -0.412 e. The molecule has 0 saturated carbocycles. The van der Waals surface area contributed by atoms with Crippen molar-refractivity contribution < 1.29 is 5.48 Å². The number of hydrogen-bond acceptors (Lipinski definition) is 0. The first-order chi connectivity index (χ1) is 2.91. The molecule has 0 aliphatic rings. The average molecular weight is 159 g/mol. The van der Waals surface area contributed by atoms with E-state index in [0.29, 0.717) is 0 Å². The van der Waals surface area contributed by atoms with Crippen molar-refractivity contribution in [3.63, 3.8) is 0 Å². The molecule has 0 aliphatic heterocycles. The molecule has 0 heterocycles. The first-order valence-corrected chi connectivity index (χ1v) is 3.01. The maximum atomic E-state index is 5.38. The van der Waals surface area contributed by atoms with E-state index >= 15 is 0 Å². The number of hydrogen-bond donors (Lipinski definition) is 0. The number of alkyl halides is 1. The predicted molar refractivity (Wildman–Crippen MR) is 45.0 cm³/mol. The van der Waals surface area contributed by atoms with Crippen LogP contribution in [0.15, 0.2) is 0 Å². The number of halogens is 1. The summed E-state index contributed by atoms with van der Waals surface area (Å²) in [4.78, 5) is 0. The Kier molecular flexibility index (Phi) is 31.0. The molecule has 0 radical (unpaired) electrons. The molecule has 0 spiro atoms. The van der Waals surface area contributed by atoms with Gasteiger partial charge in [-0.3, -0.25) is 0 Å². The third-order valence-electron chi connectivity index (χ3n) is 0.737. The Morgan fingerprint density at radius 1 is 1.25 bits per heavy atom. The zero-order valence-corrected chi connectivity index (χ0v) is 7.58. The molecule has 0 aromatic carbocycles. The molecule has 0 aliphatic carbocycles. The molecule has 8 heavy (non-hydrogen) atoms. The van der Waals surface area contributed by atoms with Gasteiger partial charge in [0.05, 0.1) is 0 Å². The fraction of sp³-hybridized carbons (Fsp3) is 1.00. The van der Waals surface area contributed by atoms with E-state index in [9.17, 15) is 0 Å². The van der Waals surface area contributed by atoms with Crippen LogP contribution in [0.5, 0.6) is 0 Å². The molecule has 1 nitrogen and oxygen atoms in total.